The van der Waals surface area contributed by atoms with E-state index in [1.165, 1.54) is 16.7 Å². The minimum absolute atomic E-state index is 0.683. The fourth-order valence-corrected chi connectivity index (χ4v) is 2.25. The number of aryl methyl sites for hydroxylation is 1. The van der Waals surface area contributed by atoms with Crippen LogP contribution in [0.5, 0.6) is 5.75 Å². The molecule has 0 N–H and O–H groups in total. The summed E-state index contributed by atoms with van der Waals surface area (Å²) in [6.07, 6.45) is 5.50. The molecule has 0 amide bonds. The first-order valence-corrected chi connectivity index (χ1v) is 5.81. The molecule has 0 fully saturated rings. The Balaban J connectivity index is 2.38. The van der Waals surface area contributed by atoms with E-state index in [-0.39, 0.29) is 0 Å². The summed E-state index contributed by atoms with van der Waals surface area (Å²) in [5.74, 6) is 1.61. The van der Waals surface area contributed by atoms with Gasteiger partial charge >= 0.3 is 0 Å². The summed E-state index contributed by atoms with van der Waals surface area (Å²) in [5, 5.41) is 0. The minimum atomic E-state index is 0.683. The zero-order valence-corrected chi connectivity index (χ0v) is 9.68. The van der Waals surface area contributed by atoms with Crippen LogP contribution in [0.4, 0.5) is 0 Å². The number of rotatable bonds is 3. The smallest absolute Gasteiger partial charge is 0.119 e. The molecule has 0 heterocycles. The van der Waals surface area contributed by atoms with Crippen molar-refractivity contribution in [3.05, 3.63) is 35.4 Å². The van der Waals surface area contributed by atoms with E-state index in [4.69, 9.17) is 16.3 Å². The molecule has 0 aliphatic heterocycles. The molecule has 80 valence electrons. The highest BCUT2D eigenvalue weighted by Gasteiger charge is 2.12. The maximum absolute atomic E-state index is 5.80. The molecule has 2 heteroatoms. The Hall–Kier alpha value is -0.950. The second-order valence-corrected chi connectivity index (χ2v) is 4.11. The molecule has 0 spiro atoms. The Morgan fingerprint density at radius 2 is 2.27 bits per heavy atom. The van der Waals surface area contributed by atoms with E-state index in [9.17, 15) is 0 Å². The highest BCUT2D eigenvalue weighted by molar-refractivity contribution is 6.18. The number of ether oxygens (including phenoxy) is 1. The summed E-state index contributed by atoms with van der Waals surface area (Å²) in [6, 6.07) is 6.31. The van der Waals surface area contributed by atoms with Gasteiger partial charge in [0, 0.05) is 5.88 Å². The maximum Gasteiger partial charge on any atom is 0.119 e. The van der Waals surface area contributed by atoms with Crippen molar-refractivity contribution in [1.82, 2.24) is 0 Å². The molecule has 0 unspecified atom stereocenters. The van der Waals surface area contributed by atoms with E-state index in [0.717, 1.165) is 25.0 Å². The first kappa shape index (κ1) is 10.6. The van der Waals surface area contributed by atoms with E-state index in [1.54, 1.807) is 7.11 Å². The summed E-state index contributed by atoms with van der Waals surface area (Å²) >= 11 is 5.80. The molecule has 1 aliphatic rings. The standard InChI is InChI=1S/C13H15ClO/c1-15-12-6-5-10-3-2-4-11(7-8-14)13(10)9-12/h4-6,9H,2-3,7-8H2,1H3. The number of benzene rings is 1. The van der Waals surface area contributed by atoms with Crippen LogP contribution >= 0.6 is 11.6 Å². The zero-order chi connectivity index (χ0) is 10.7. The average Bonchev–Trinajstić information content (AvgIpc) is 2.29. The van der Waals surface area contributed by atoms with Crippen LogP contribution in [0.1, 0.15) is 24.0 Å². The molecule has 0 aromatic heterocycles. The lowest BCUT2D eigenvalue weighted by Gasteiger charge is -2.18. The van der Waals surface area contributed by atoms with Crippen LogP contribution in [0, 0.1) is 0 Å². The number of hydrogen-bond donors (Lipinski definition) is 0. The highest BCUT2D eigenvalue weighted by atomic mass is 35.5. The van der Waals surface area contributed by atoms with Gasteiger partial charge in [0.15, 0.2) is 0 Å². The second-order valence-electron chi connectivity index (χ2n) is 3.73. The Morgan fingerprint density at radius 3 is 3.00 bits per heavy atom. The topological polar surface area (TPSA) is 9.23 Å². The minimum Gasteiger partial charge on any atom is -0.497 e. The molecule has 1 aromatic rings. The molecule has 1 aromatic carbocycles. The van der Waals surface area contributed by atoms with Crippen molar-refractivity contribution in [2.24, 2.45) is 0 Å². The lowest BCUT2D eigenvalue weighted by atomic mass is 9.89. The molecule has 0 atom stereocenters. The maximum atomic E-state index is 5.80. The number of allylic oxidation sites excluding steroid dienone is 2. The van der Waals surface area contributed by atoms with Crippen LogP contribution in [0.2, 0.25) is 0 Å². The fourth-order valence-electron chi connectivity index (χ4n) is 2.05. The van der Waals surface area contributed by atoms with Gasteiger partial charge in [-0.1, -0.05) is 12.1 Å². The molecule has 15 heavy (non-hydrogen) atoms. The first-order chi connectivity index (χ1) is 7.35. The molecule has 2 rings (SSSR count). The molecule has 0 saturated carbocycles. The molecule has 0 bridgehead atoms. The normalized spacial score (nSPS) is 14.4. The summed E-state index contributed by atoms with van der Waals surface area (Å²) < 4.78 is 5.25. The van der Waals surface area contributed by atoms with E-state index >= 15 is 0 Å². The third-order valence-electron chi connectivity index (χ3n) is 2.83. The molecule has 1 nitrogen and oxygen atoms in total. The number of hydrogen-bond acceptors (Lipinski definition) is 1. The van der Waals surface area contributed by atoms with Crippen molar-refractivity contribution in [3.63, 3.8) is 0 Å². The zero-order valence-electron chi connectivity index (χ0n) is 8.92. The Kier molecular flexibility index (Phi) is 3.32. The summed E-state index contributed by atoms with van der Waals surface area (Å²) in [5.41, 5.74) is 4.10. The van der Waals surface area contributed by atoms with Gasteiger partial charge in [0.25, 0.3) is 0 Å². The molecule has 1 aliphatic carbocycles. The molecular weight excluding hydrogens is 208 g/mol. The van der Waals surface area contributed by atoms with Crippen molar-refractivity contribution >= 4 is 17.2 Å². The number of fused-ring (bicyclic) bond motifs is 1. The van der Waals surface area contributed by atoms with Crippen LogP contribution in [-0.4, -0.2) is 13.0 Å². The van der Waals surface area contributed by atoms with Gasteiger partial charge in [0.1, 0.15) is 5.75 Å². The Morgan fingerprint density at radius 1 is 1.40 bits per heavy atom. The monoisotopic (exact) mass is 222 g/mol. The van der Waals surface area contributed by atoms with Gasteiger partial charge in [-0.2, -0.15) is 0 Å². The van der Waals surface area contributed by atoms with Gasteiger partial charge in [-0.05, 0) is 48.1 Å². The summed E-state index contributed by atoms with van der Waals surface area (Å²) in [6.45, 7) is 0. The van der Waals surface area contributed by atoms with Gasteiger partial charge < -0.3 is 4.74 Å². The largest absolute Gasteiger partial charge is 0.497 e. The number of alkyl halides is 1. The number of halogens is 1. The van der Waals surface area contributed by atoms with Gasteiger partial charge in [-0.25, -0.2) is 0 Å². The van der Waals surface area contributed by atoms with E-state index in [1.807, 2.05) is 6.07 Å². The van der Waals surface area contributed by atoms with Gasteiger partial charge in [-0.15, -0.1) is 11.6 Å². The molecule has 0 radical (unpaired) electrons. The van der Waals surface area contributed by atoms with Crippen LogP contribution in [-0.2, 0) is 6.42 Å². The van der Waals surface area contributed by atoms with E-state index < -0.39 is 0 Å². The van der Waals surface area contributed by atoms with Gasteiger partial charge in [0.2, 0.25) is 0 Å². The quantitative estimate of drug-likeness (QED) is 0.710. The summed E-state index contributed by atoms with van der Waals surface area (Å²) in [7, 11) is 1.70. The molecule has 0 saturated heterocycles. The van der Waals surface area contributed by atoms with E-state index in [0.29, 0.717) is 5.88 Å². The van der Waals surface area contributed by atoms with Crippen LogP contribution < -0.4 is 4.74 Å². The second kappa shape index (κ2) is 4.71. The van der Waals surface area contributed by atoms with Crippen molar-refractivity contribution < 1.29 is 4.74 Å². The number of methoxy groups -OCH3 is 1. The predicted octanol–water partition coefficient (Wildman–Crippen LogP) is 3.65. The van der Waals surface area contributed by atoms with Crippen molar-refractivity contribution in [2.45, 2.75) is 19.3 Å². The van der Waals surface area contributed by atoms with E-state index in [2.05, 4.69) is 18.2 Å². The third-order valence-corrected chi connectivity index (χ3v) is 3.02. The Labute approximate surface area is 95.7 Å². The summed E-state index contributed by atoms with van der Waals surface area (Å²) in [4.78, 5) is 0. The van der Waals surface area contributed by atoms with Crippen LogP contribution in [0.3, 0.4) is 0 Å². The van der Waals surface area contributed by atoms with Crippen molar-refractivity contribution in [1.29, 1.82) is 0 Å². The van der Waals surface area contributed by atoms with Gasteiger partial charge in [-0.3, -0.25) is 0 Å². The highest BCUT2D eigenvalue weighted by Crippen LogP contribution is 2.31. The fraction of sp³-hybridized carbons (Fsp3) is 0.385. The Bertz CT molecular complexity index is 382. The van der Waals surface area contributed by atoms with Gasteiger partial charge in [0.05, 0.1) is 7.11 Å². The van der Waals surface area contributed by atoms with Crippen LogP contribution in [0.15, 0.2) is 24.3 Å². The van der Waals surface area contributed by atoms with Crippen molar-refractivity contribution in [3.8, 4) is 5.75 Å². The third kappa shape index (κ3) is 2.18. The predicted molar refractivity (Wildman–Crippen MR) is 64.6 cm³/mol. The lowest BCUT2D eigenvalue weighted by molar-refractivity contribution is 0.414. The SMILES string of the molecule is COc1ccc2c(c1)C(CCCl)=CCC2. The lowest BCUT2D eigenvalue weighted by Crippen LogP contribution is -2.01. The first-order valence-electron chi connectivity index (χ1n) is 5.27. The van der Waals surface area contributed by atoms with Crippen LogP contribution in [0.25, 0.3) is 5.57 Å². The average molecular weight is 223 g/mol. The van der Waals surface area contributed by atoms with Crippen molar-refractivity contribution in [2.75, 3.05) is 13.0 Å². The molecular formula is C13H15ClO.